The van der Waals surface area contributed by atoms with Crippen LogP contribution in [0, 0.1) is 17.3 Å². The molecule has 2 heterocycles. The largest absolute Gasteiger partial charge is 0.297 e. The number of piperidine rings is 1. The highest BCUT2D eigenvalue weighted by Gasteiger charge is 2.63. The van der Waals surface area contributed by atoms with Crippen molar-refractivity contribution in [2.75, 3.05) is 13.1 Å². The average Bonchev–Trinajstić information content (AvgIpc) is 2.58. The summed E-state index contributed by atoms with van der Waals surface area (Å²) in [5.41, 5.74) is 1.17. The molecule has 14 heavy (non-hydrogen) atoms. The van der Waals surface area contributed by atoms with Crippen molar-refractivity contribution < 1.29 is 0 Å². The molecule has 0 aromatic heterocycles. The normalized spacial score (nSPS) is 46.5. The maximum absolute atomic E-state index is 2.83. The van der Waals surface area contributed by atoms with E-state index in [1.165, 1.54) is 32.4 Å². The van der Waals surface area contributed by atoms with Crippen LogP contribution in [0.5, 0.6) is 0 Å². The Morgan fingerprint density at radius 3 is 2.86 bits per heavy atom. The third-order valence-electron chi connectivity index (χ3n) is 4.57. The topological polar surface area (TPSA) is 3.24 Å². The number of hydrogen-bond donors (Lipinski definition) is 0. The van der Waals surface area contributed by atoms with Gasteiger partial charge in [-0.05, 0) is 49.5 Å². The Balaban J connectivity index is 1.85. The Hall–Kier alpha value is -0.0400. The Morgan fingerprint density at radius 1 is 1.36 bits per heavy atom. The lowest BCUT2D eigenvalue weighted by Crippen LogP contribution is -2.44. The summed E-state index contributed by atoms with van der Waals surface area (Å²) < 4.78 is 0. The molecule has 1 nitrogen and oxygen atoms in total. The van der Waals surface area contributed by atoms with E-state index >= 15 is 0 Å². The Morgan fingerprint density at radius 2 is 2.14 bits per heavy atom. The maximum Gasteiger partial charge on any atom is 0.0246 e. The van der Waals surface area contributed by atoms with Gasteiger partial charge in [0.05, 0.1) is 0 Å². The molecule has 3 aliphatic rings. The number of nitrogens with zero attached hydrogens (tertiary/aromatic N) is 1. The second-order valence-electron chi connectivity index (χ2n) is 6.99. The lowest BCUT2D eigenvalue weighted by Gasteiger charge is -2.40. The lowest BCUT2D eigenvalue weighted by atomic mass is 9.76. The molecular weight excluding hydrogens is 170 g/mol. The second kappa shape index (κ2) is 2.55. The van der Waals surface area contributed by atoms with E-state index in [4.69, 9.17) is 0 Å². The van der Waals surface area contributed by atoms with Crippen molar-refractivity contribution in [3.8, 4) is 0 Å². The van der Waals surface area contributed by atoms with E-state index in [-0.39, 0.29) is 0 Å². The van der Waals surface area contributed by atoms with E-state index in [0.717, 1.165) is 11.8 Å². The minimum atomic E-state index is 0.514. The van der Waals surface area contributed by atoms with Crippen LogP contribution in [0.25, 0.3) is 0 Å². The molecule has 0 bridgehead atoms. The van der Waals surface area contributed by atoms with E-state index in [2.05, 4.69) is 25.7 Å². The Labute approximate surface area is 87.9 Å². The van der Waals surface area contributed by atoms with Crippen molar-refractivity contribution in [1.82, 2.24) is 4.90 Å². The van der Waals surface area contributed by atoms with E-state index in [0.29, 0.717) is 11.0 Å². The predicted octanol–water partition coefficient (Wildman–Crippen LogP) is 2.91. The zero-order valence-electron chi connectivity index (χ0n) is 9.84. The van der Waals surface area contributed by atoms with Gasteiger partial charge in [0.2, 0.25) is 0 Å². The standard InChI is InChI=1S/C13H23N/c1-12(2,3)9-13-5-4-6-14(13)8-10-7-11(10)13/h10-11H,4-9H2,1-3H3/t10-,11-,13+/m0/s1. The van der Waals surface area contributed by atoms with Gasteiger partial charge in [-0.25, -0.2) is 0 Å². The molecule has 2 aliphatic heterocycles. The van der Waals surface area contributed by atoms with Crippen LogP contribution in [-0.2, 0) is 0 Å². The molecule has 2 saturated heterocycles. The smallest absolute Gasteiger partial charge is 0.0246 e. The van der Waals surface area contributed by atoms with Crippen LogP contribution in [0.4, 0.5) is 0 Å². The van der Waals surface area contributed by atoms with Crippen molar-refractivity contribution in [3.63, 3.8) is 0 Å². The van der Waals surface area contributed by atoms with E-state index in [9.17, 15) is 0 Å². The molecule has 0 radical (unpaired) electrons. The van der Waals surface area contributed by atoms with Crippen molar-refractivity contribution in [2.24, 2.45) is 17.3 Å². The molecule has 0 aromatic carbocycles. The molecule has 1 aliphatic carbocycles. The molecule has 0 amide bonds. The lowest BCUT2D eigenvalue weighted by molar-refractivity contribution is 0.101. The summed E-state index contributed by atoms with van der Waals surface area (Å²) in [4.78, 5) is 2.83. The second-order valence-corrected chi connectivity index (χ2v) is 6.99. The molecule has 0 N–H and O–H groups in total. The number of rotatable bonds is 1. The molecule has 0 spiro atoms. The molecule has 0 unspecified atom stereocenters. The van der Waals surface area contributed by atoms with Crippen LogP contribution in [0.1, 0.15) is 46.5 Å². The van der Waals surface area contributed by atoms with Gasteiger partial charge in [0.15, 0.2) is 0 Å². The van der Waals surface area contributed by atoms with Crippen LogP contribution in [0.2, 0.25) is 0 Å². The predicted molar refractivity (Wildman–Crippen MR) is 59.2 cm³/mol. The van der Waals surface area contributed by atoms with Gasteiger partial charge in [0, 0.05) is 12.1 Å². The SMILES string of the molecule is CC(C)(C)C[C@@]12CCCN1C[C@@H]1C[C@@H]12. The summed E-state index contributed by atoms with van der Waals surface area (Å²) in [7, 11) is 0. The fourth-order valence-electron chi connectivity index (χ4n) is 4.29. The zero-order valence-corrected chi connectivity index (χ0v) is 9.84. The first-order chi connectivity index (χ1) is 6.51. The highest BCUT2D eigenvalue weighted by atomic mass is 15.3. The van der Waals surface area contributed by atoms with E-state index in [1.54, 1.807) is 6.42 Å². The van der Waals surface area contributed by atoms with Crippen LogP contribution in [-0.4, -0.2) is 23.5 Å². The van der Waals surface area contributed by atoms with E-state index in [1.807, 2.05) is 0 Å². The molecule has 3 fully saturated rings. The summed E-state index contributed by atoms with van der Waals surface area (Å²) in [6.45, 7) is 10.1. The first-order valence-electron chi connectivity index (χ1n) is 6.26. The van der Waals surface area contributed by atoms with Gasteiger partial charge in [0.1, 0.15) is 0 Å². The quantitative estimate of drug-likeness (QED) is 0.619. The third-order valence-corrected chi connectivity index (χ3v) is 4.57. The first-order valence-corrected chi connectivity index (χ1v) is 6.26. The minimum absolute atomic E-state index is 0.514. The van der Waals surface area contributed by atoms with Crippen molar-refractivity contribution in [1.29, 1.82) is 0 Å². The summed E-state index contributed by atoms with van der Waals surface area (Å²) in [6, 6.07) is 0. The van der Waals surface area contributed by atoms with Crippen molar-refractivity contribution in [2.45, 2.75) is 52.0 Å². The van der Waals surface area contributed by atoms with Gasteiger partial charge in [-0.15, -0.1) is 0 Å². The van der Waals surface area contributed by atoms with Crippen LogP contribution in [0.3, 0.4) is 0 Å². The van der Waals surface area contributed by atoms with Gasteiger partial charge in [-0.1, -0.05) is 20.8 Å². The monoisotopic (exact) mass is 193 g/mol. The zero-order chi connectivity index (χ0) is 9.97. The van der Waals surface area contributed by atoms with Crippen molar-refractivity contribution >= 4 is 0 Å². The first kappa shape index (κ1) is 9.21. The van der Waals surface area contributed by atoms with Gasteiger partial charge >= 0.3 is 0 Å². The highest BCUT2D eigenvalue weighted by molar-refractivity contribution is 5.17. The summed E-state index contributed by atoms with van der Waals surface area (Å²) in [5, 5.41) is 0. The third kappa shape index (κ3) is 1.18. The maximum atomic E-state index is 2.83. The molecule has 3 rings (SSSR count). The average molecular weight is 193 g/mol. The summed E-state index contributed by atoms with van der Waals surface area (Å²) in [5.74, 6) is 2.18. The Bertz CT molecular complexity index is 252. The van der Waals surface area contributed by atoms with Gasteiger partial charge in [0.25, 0.3) is 0 Å². The molecule has 1 heteroatoms. The minimum Gasteiger partial charge on any atom is -0.297 e. The number of fused-ring (bicyclic) bond motifs is 3. The van der Waals surface area contributed by atoms with Crippen LogP contribution in [0.15, 0.2) is 0 Å². The van der Waals surface area contributed by atoms with Gasteiger partial charge in [-0.3, -0.25) is 4.90 Å². The fraction of sp³-hybridized carbons (Fsp3) is 1.00. The highest BCUT2D eigenvalue weighted by Crippen LogP contribution is 2.62. The Kier molecular flexibility index (Phi) is 1.68. The van der Waals surface area contributed by atoms with Crippen LogP contribution < -0.4 is 0 Å². The molecule has 80 valence electrons. The van der Waals surface area contributed by atoms with Crippen LogP contribution >= 0.6 is 0 Å². The van der Waals surface area contributed by atoms with E-state index < -0.39 is 0 Å². The summed E-state index contributed by atoms with van der Waals surface area (Å²) in [6.07, 6.45) is 5.93. The molecule has 0 aromatic rings. The molecule has 3 atom stereocenters. The molecule has 1 saturated carbocycles. The van der Waals surface area contributed by atoms with Gasteiger partial charge < -0.3 is 0 Å². The number of hydrogen-bond acceptors (Lipinski definition) is 1. The summed E-state index contributed by atoms with van der Waals surface area (Å²) >= 11 is 0. The van der Waals surface area contributed by atoms with Crippen molar-refractivity contribution in [3.05, 3.63) is 0 Å². The van der Waals surface area contributed by atoms with Gasteiger partial charge in [-0.2, -0.15) is 0 Å². The molecular formula is C13H23N. The fourth-order valence-corrected chi connectivity index (χ4v) is 4.29.